The molecule has 1 aromatic carbocycles. The maximum Gasteiger partial charge on any atom is 0.335 e. The lowest BCUT2D eigenvalue weighted by Crippen LogP contribution is -2.40. The average Bonchev–Trinajstić information content (AvgIpc) is 3.09. The van der Waals surface area contributed by atoms with Gasteiger partial charge in [-0.2, -0.15) is 0 Å². The quantitative estimate of drug-likeness (QED) is 0.850. The van der Waals surface area contributed by atoms with Gasteiger partial charge in [0.05, 0.1) is 19.8 Å². The molecule has 0 saturated heterocycles. The summed E-state index contributed by atoms with van der Waals surface area (Å²) in [6.07, 6.45) is 0.805. The number of hydrogen-bond acceptors (Lipinski definition) is 6. The van der Waals surface area contributed by atoms with Crippen molar-refractivity contribution in [3.05, 3.63) is 39.6 Å². The van der Waals surface area contributed by atoms with Gasteiger partial charge in [0.25, 0.3) is 0 Å². The van der Waals surface area contributed by atoms with Crippen LogP contribution in [0, 0.1) is 0 Å². The summed E-state index contributed by atoms with van der Waals surface area (Å²) in [5.41, 5.74) is 1.43. The van der Waals surface area contributed by atoms with Crippen molar-refractivity contribution in [2.24, 2.45) is 0 Å². The highest BCUT2D eigenvalue weighted by atomic mass is 32.1. The van der Waals surface area contributed by atoms with Gasteiger partial charge in [-0.15, -0.1) is 11.3 Å². The molecular weight excluding hydrogens is 342 g/mol. The number of aromatic carboxylic acids is 1. The number of benzene rings is 1. The fourth-order valence-corrected chi connectivity index (χ4v) is 3.83. The van der Waals surface area contributed by atoms with E-state index in [1.165, 1.54) is 36.8 Å². The highest BCUT2D eigenvalue weighted by molar-refractivity contribution is 7.10. The van der Waals surface area contributed by atoms with Crippen LogP contribution in [0.25, 0.3) is 0 Å². The number of ether oxygens (including phenoxy) is 3. The van der Waals surface area contributed by atoms with Crippen LogP contribution in [0.5, 0.6) is 17.2 Å². The Morgan fingerprint density at radius 2 is 1.96 bits per heavy atom. The predicted molar refractivity (Wildman–Crippen MR) is 95.0 cm³/mol. The highest BCUT2D eigenvalue weighted by Crippen LogP contribution is 2.40. The number of hydrogen-bond donors (Lipinski definition) is 1. The van der Waals surface area contributed by atoms with Gasteiger partial charge in [-0.05, 0) is 42.5 Å². The topological polar surface area (TPSA) is 68.2 Å². The normalized spacial score (nSPS) is 15.3. The summed E-state index contributed by atoms with van der Waals surface area (Å²) in [6, 6.07) is 5.04. The molecule has 7 heteroatoms. The van der Waals surface area contributed by atoms with E-state index in [0.717, 1.165) is 19.5 Å². The van der Waals surface area contributed by atoms with Gasteiger partial charge in [0, 0.05) is 18.0 Å². The lowest BCUT2D eigenvalue weighted by Gasteiger charge is -2.33. The smallest absolute Gasteiger partial charge is 0.335 e. The second kappa shape index (κ2) is 7.33. The summed E-state index contributed by atoms with van der Waals surface area (Å²) >= 11 is 1.80. The first kappa shape index (κ1) is 17.6. The monoisotopic (exact) mass is 363 g/mol. The van der Waals surface area contributed by atoms with Crippen molar-refractivity contribution >= 4 is 17.3 Å². The molecule has 1 unspecified atom stereocenters. The van der Waals surface area contributed by atoms with Gasteiger partial charge in [-0.3, -0.25) is 4.90 Å². The molecule has 1 aliphatic heterocycles. The van der Waals surface area contributed by atoms with Crippen molar-refractivity contribution in [1.82, 2.24) is 4.90 Å². The zero-order valence-electron chi connectivity index (χ0n) is 14.4. The van der Waals surface area contributed by atoms with Crippen molar-refractivity contribution in [2.45, 2.75) is 26.1 Å². The summed E-state index contributed by atoms with van der Waals surface area (Å²) in [7, 11) is 2.97. The number of methoxy groups -OCH3 is 2. The molecule has 1 aromatic heterocycles. The van der Waals surface area contributed by atoms with E-state index >= 15 is 0 Å². The zero-order chi connectivity index (χ0) is 18.0. The molecule has 0 amide bonds. The minimum Gasteiger partial charge on any atom is -0.493 e. The Kier molecular flexibility index (Phi) is 5.15. The summed E-state index contributed by atoms with van der Waals surface area (Å²) in [4.78, 5) is 14.9. The molecule has 134 valence electrons. The van der Waals surface area contributed by atoms with Gasteiger partial charge >= 0.3 is 5.97 Å². The lowest BCUT2D eigenvalue weighted by molar-refractivity contribution is 0.0261. The Balaban J connectivity index is 1.83. The van der Waals surface area contributed by atoms with Crippen LogP contribution >= 0.6 is 11.3 Å². The van der Waals surface area contributed by atoms with Gasteiger partial charge in [-0.25, -0.2) is 4.79 Å². The van der Waals surface area contributed by atoms with E-state index in [1.54, 1.807) is 11.3 Å². The van der Waals surface area contributed by atoms with E-state index in [1.807, 2.05) is 6.92 Å². The van der Waals surface area contributed by atoms with Gasteiger partial charge in [-0.1, -0.05) is 0 Å². The molecule has 0 radical (unpaired) electrons. The first-order valence-corrected chi connectivity index (χ1v) is 8.86. The Labute approximate surface area is 150 Å². The molecule has 0 saturated carbocycles. The number of carboxylic acid groups (broad SMARTS) is 1. The van der Waals surface area contributed by atoms with Gasteiger partial charge in [0.1, 0.15) is 0 Å². The van der Waals surface area contributed by atoms with Crippen molar-refractivity contribution in [3.63, 3.8) is 0 Å². The van der Waals surface area contributed by atoms with E-state index in [4.69, 9.17) is 14.2 Å². The Bertz CT molecular complexity index is 748. The molecule has 25 heavy (non-hydrogen) atoms. The van der Waals surface area contributed by atoms with Crippen LogP contribution < -0.4 is 14.2 Å². The zero-order valence-corrected chi connectivity index (χ0v) is 15.3. The molecule has 1 aliphatic rings. The Morgan fingerprint density at radius 1 is 1.28 bits per heavy atom. The van der Waals surface area contributed by atoms with Gasteiger partial charge < -0.3 is 19.3 Å². The number of rotatable bonds is 6. The largest absolute Gasteiger partial charge is 0.493 e. The van der Waals surface area contributed by atoms with Crippen molar-refractivity contribution < 1.29 is 24.1 Å². The molecule has 2 heterocycles. The first-order valence-electron chi connectivity index (χ1n) is 7.98. The van der Waals surface area contributed by atoms with Crippen LogP contribution in [-0.2, 0) is 13.0 Å². The van der Waals surface area contributed by atoms with Crippen LogP contribution in [0.15, 0.2) is 23.6 Å². The maximum atomic E-state index is 11.3. The van der Waals surface area contributed by atoms with E-state index in [9.17, 15) is 9.90 Å². The van der Waals surface area contributed by atoms with E-state index in [0.29, 0.717) is 17.2 Å². The lowest BCUT2D eigenvalue weighted by atomic mass is 10.1. The Hall–Kier alpha value is -2.25. The molecule has 2 aromatic rings. The third kappa shape index (κ3) is 3.57. The summed E-state index contributed by atoms with van der Waals surface area (Å²) in [6.45, 7) is 3.71. The number of nitrogens with zero attached hydrogens (tertiary/aromatic N) is 1. The molecule has 0 fully saturated rings. The van der Waals surface area contributed by atoms with E-state index in [2.05, 4.69) is 16.3 Å². The molecule has 0 spiro atoms. The molecule has 0 bridgehead atoms. The Morgan fingerprint density at radius 3 is 2.56 bits per heavy atom. The average molecular weight is 363 g/mol. The third-order valence-corrected chi connectivity index (χ3v) is 5.37. The second-order valence-corrected chi connectivity index (χ2v) is 6.82. The summed E-state index contributed by atoms with van der Waals surface area (Å²) < 4.78 is 16.8. The van der Waals surface area contributed by atoms with E-state index in [-0.39, 0.29) is 11.8 Å². The fraction of sp³-hybridized carbons (Fsp3) is 0.389. The molecule has 1 N–H and O–H groups in total. The molecule has 6 nitrogen and oxygen atoms in total. The molecular formula is C18H21NO5S. The maximum absolute atomic E-state index is 11.3. The van der Waals surface area contributed by atoms with Crippen molar-refractivity contribution in [1.29, 1.82) is 0 Å². The third-order valence-electron chi connectivity index (χ3n) is 4.35. The van der Waals surface area contributed by atoms with Crippen LogP contribution in [0.3, 0.4) is 0 Å². The number of thiophene rings is 1. The second-order valence-electron chi connectivity index (χ2n) is 5.82. The summed E-state index contributed by atoms with van der Waals surface area (Å²) in [5.74, 6) is 0.0597. The highest BCUT2D eigenvalue weighted by Gasteiger charge is 2.25. The predicted octanol–water partition coefficient (Wildman–Crippen LogP) is 3.25. The summed E-state index contributed by atoms with van der Waals surface area (Å²) in [5, 5.41) is 11.3. The minimum absolute atomic E-state index is 0.0922. The number of carbonyl (C=O) groups is 1. The fourth-order valence-electron chi connectivity index (χ4n) is 2.95. The molecule has 1 atom stereocenters. The number of carboxylic acids is 1. The molecule has 0 aliphatic carbocycles. The van der Waals surface area contributed by atoms with Crippen LogP contribution in [0.4, 0.5) is 0 Å². The van der Waals surface area contributed by atoms with Gasteiger partial charge in [0.2, 0.25) is 5.75 Å². The van der Waals surface area contributed by atoms with Crippen LogP contribution in [-0.4, -0.2) is 43.0 Å². The number of fused-ring (bicyclic) bond motifs is 1. The molecule has 3 rings (SSSR count). The van der Waals surface area contributed by atoms with Crippen LogP contribution in [0.1, 0.15) is 27.7 Å². The first-order chi connectivity index (χ1) is 12.0. The van der Waals surface area contributed by atoms with Crippen molar-refractivity contribution in [2.75, 3.05) is 20.8 Å². The van der Waals surface area contributed by atoms with Crippen molar-refractivity contribution in [3.8, 4) is 17.2 Å². The van der Waals surface area contributed by atoms with Gasteiger partial charge in [0.15, 0.2) is 17.7 Å². The van der Waals surface area contributed by atoms with E-state index < -0.39 is 5.97 Å². The standard InChI is InChI=1S/C18H21NO5S/c1-11(19-6-4-16-12(10-19)5-7-25-16)24-17-14(22-2)8-13(18(20)21)9-15(17)23-3/h5,7-9,11H,4,6,10H2,1-3H3,(H,20,21). The SMILES string of the molecule is COc1cc(C(=O)O)cc(OC)c1OC(C)N1CCc2sccc2C1. The minimum atomic E-state index is -1.04. The van der Waals surface area contributed by atoms with Crippen LogP contribution in [0.2, 0.25) is 0 Å².